The number of hydrogen-bond donors (Lipinski definition) is 0. The molecule has 1 fully saturated rings. The van der Waals surface area contributed by atoms with Gasteiger partial charge in [0.05, 0.1) is 6.26 Å². The van der Waals surface area contributed by atoms with Gasteiger partial charge < -0.3 is 4.42 Å². The van der Waals surface area contributed by atoms with E-state index in [0.29, 0.717) is 0 Å². The lowest BCUT2D eigenvalue weighted by Crippen LogP contribution is -2.40. The van der Waals surface area contributed by atoms with Crippen LogP contribution in [-0.2, 0) is 4.84 Å². The molecule has 0 saturated carbocycles. The van der Waals surface area contributed by atoms with Gasteiger partial charge in [0.15, 0.2) is 0 Å². The molecule has 0 radical (unpaired) electrons. The second-order valence-corrected chi connectivity index (χ2v) is 6.14. The molecule has 3 rings (SSSR count). The van der Waals surface area contributed by atoms with Crippen molar-refractivity contribution in [3.8, 4) is 0 Å². The third kappa shape index (κ3) is 1.91. The average molecular weight is 247 g/mol. The maximum absolute atomic E-state index is 6.17. The summed E-state index contributed by atoms with van der Waals surface area (Å²) in [5.74, 6) is 0.987. The standard InChI is InChI=1S/C15H21NO2/c1-15(2,3)16-14(13-9-6-10-17-13)11-7-4-5-8-12(11)18-16/h6-7,9-10,12,14H,4-5,8H2,1-3H3/t12-,14+/m0/s1. The molecule has 1 aromatic heterocycles. The van der Waals surface area contributed by atoms with Gasteiger partial charge in [-0.05, 0) is 57.7 Å². The monoisotopic (exact) mass is 247 g/mol. The van der Waals surface area contributed by atoms with Gasteiger partial charge in [0.2, 0.25) is 0 Å². The van der Waals surface area contributed by atoms with E-state index in [0.717, 1.165) is 18.6 Å². The van der Waals surface area contributed by atoms with Crippen LogP contribution in [0.5, 0.6) is 0 Å². The van der Waals surface area contributed by atoms with E-state index in [9.17, 15) is 0 Å². The van der Waals surface area contributed by atoms with Crippen LogP contribution >= 0.6 is 0 Å². The second kappa shape index (κ2) is 4.25. The van der Waals surface area contributed by atoms with Gasteiger partial charge in [-0.25, -0.2) is 0 Å². The fourth-order valence-electron chi connectivity index (χ4n) is 2.88. The molecule has 1 aliphatic heterocycles. The fourth-order valence-corrected chi connectivity index (χ4v) is 2.88. The van der Waals surface area contributed by atoms with Crippen molar-refractivity contribution >= 4 is 0 Å². The minimum Gasteiger partial charge on any atom is -0.467 e. The molecule has 1 saturated heterocycles. The second-order valence-electron chi connectivity index (χ2n) is 6.14. The van der Waals surface area contributed by atoms with Crippen molar-refractivity contribution in [1.82, 2.24) is 5.06 Å². The molecule has 2 atom stereocenters. The van der Waals surface area contributed by atoms with Crippen LogP contribution in [0, 0.1) is 0 Å². The average Bonchev–Trinajstić information content (AvgIpc) is 2.94. The number of allylic oxidation sites excluding steroid dienone is 1. The largest absolute Gasteiger partial charge is 0.467 e. The molecular weight excluding hydrogens is 226 g/mol. The maximum atomic E-state index is 6.17. The van der Waals surface area contributed by atoms with Crippen molar-refractivity contribution in [2.75, 3.05) is 0 Å². The Morgan fingerprint density at radius 2 is 2.17 bits per heavy atom. The minimum atomic E-state index is -0.0321. The molecule has 0 bridgehead atoms. The van der Waals surface area contributed by atoms with E-state index >= 15 is 0 Å². The summed E-state index contributed by atoms with van der Waals surface area (Å²) in [6.07, 6.45) is 7.82. The topological polar surface area (TPSA) is 25.6 Å². The Morgan fingerprint density at radius 3 is 2.83 bits per heavy atom. The summed E-state index contributed by atoms with van der Waals surface area (Å²) < 4.78 is 5.63. The van der Waals surface area contributed by atoms with Crippen molar-refractivity contribution in [1.29, 1.82) is 0 Å². The Hall–Kier alpha value is -1.06. The van der Waals surface area contributed by atoms with Gasteiger partial charge in [-0.1, -0.05) is 6.08 Å². The Labute approximate surface area is 108 Å². The first-order valence-electron chi connectivity index (χ1n) is 6.77. The van der Waals surface area contributed by atoms with Crippen LogP contribution in [0.4, 0.5) is 0 Å². The van der Waals surface area contributed by atoms with Gasteiger partial charge in [-0.3, -0.25) is 4.84 Å². The highest BCUT2D eigenvalue weighted by Gasteiger charge is 2.45. The zero-order valence-electron chi connectivity index (χ0n) is 11.3. The van der Waals surface area contributed by atoms with Gasteiger partial charge in [0.1, 0.15) is 17.9 Å². The Balaban J connectivity index is 2.01. The third-order valence-corrected chi connectivity index (χ3v) is 3.69. The van der Waals surface area contributed by atoms with Gasteiger partial charge >= 0.3 is 0 Å². The van der Waals surface area contributed by atoms with Crippen molar-refractivity contribution in [3.05, 3.63) is 35.8 Å². The lowest BCUT2D eigenvalue weighted by atomic mass is 9.90. The van der Waals surface area contributed by atoms with E-state index in [1.165, 1.54) is 12.0 Å². The van der Waals surface area contributed by atoms with E-state index in [-0.39, 0.29) is 17.7 Å². The van der Waals surface area contributed by atoms with E-state index in [1.54, 1.807) is 6.26 Å². The van der Waals surface area contributed by atoms with Crippen LogP contribution in [-0.4, -0.2) is 16.7 Å². The van der Waals surface area contributed by atoms with Gasteiger partial charge in [0.25, 0.3) is 0 Å². The molecule has 3 heteroatoms. The number of furan rings is 1. The van der Waals surface area contributed by atoms with Crippen LogP contribution in [0.2, 0.25) is 0 Å². The Kier molecular flexibility index (Phi) is 2.83. The number of nitrogens with zero attached hydrogens (tertiary/aromatic N) is 1. The SMILES string of the molecule is CC(C)(C)N1O[C@H]2CCCC=C2[C@@H]1c1ccco1. The molecule has 1 aliphatic carbocycles. The normalized spacial score (nSPS) is 29.2. The van der Waals surface area contributed by atoms with Crippen LogP contribution in [0.3, 0.4) is 0 Å². The highest BCUT2D eigenvalue weighted by molar-refractivity contribution is 5.28. The number of hydroxylamine groups is 2. The van der Waals surface area contributed by atoms with E-state index in [2.05, 4.69) is 31.9 Å². The lowest BCUT2D eigenvalue weighted by molar-refractivity contribution is -0.216. The van der Waals surface area contributed by atoms with Gasteiger partial charge in [0, 0.05) is 5.54 Å². The number of fused-ring (bicyclic) bond motifs is 1. The zero-order chi connectivity index (χ0) is 12.8. The quantitative estimate of drug-likeness (QED) is 0.705. The first kappa shape index (κ1) is 12.0. The van der Waals surface area contributed by atoms with Crippen molar-refractivity contribution in [3.63, 3.8) is 0 Å². The van der Waals surface area contributed by atoms with E-state index in [1.807, 2.05) is 12.1 Å². The summed E-state index contributed by atoms with van der Waals surface area (Å²) in [6, 6.07) is 4.14. The van der Waals surface area contributed by atoms with Crippen molar-refractivity contribution in [2.24, 2.45) is 0 Å². The molecule has 0 aromatic carbocycles. The van der Waals surface area contributed by atoms with Crippen LogP contribution in [0.1, 0.15) is 51.8 Å². The van der Waals surface area contributed by atoms with E-state index in [4.69, 9.17) is 9.25 Å². The van der Waals surface area contributed by atoms with Crippen LogP contribution in [0.15, 0.2) is 34.5 Å². The lowest BCUT2D eigenvalue weighted by Gasteiger charge is -2.34. The molecule has 2 aliphatic rings. The number of hydrogen-bond acceptors (Lipinski definition) is 3. The van der Waals surface area contributed by atoms with Crippen LogP contribution < -0.4 is 0 Å². The summed E-state index contributed by atoms with van der Waals surface area (Å²) >= 11 is 0. The fraction of sp³-hybridized carbons (Fsp3) is 0.600. The third-order valence-electron chi connectivity index (χ3n) is 3.69. The molecule has 0 spiro atoms. The van der Waals surface area contributed by atoms with E-state index < -0.39 is 0 Å². The van der Waals surface area contributed by atoms with Crippen LogP contribution in [0.25, 0.3) is 0 Å². The molecule has 18 heavy (non-hydrogen) atoms. The highest BCUT2D eigenvalue weighted by atomic mass is 16.7. The molecule has 1 aromatic rings. The minimum absolute atomic E-state index is 0.0321. The molecule has 2 heterocycles. The Morgan fingerprint density at radius 1 is 1.33 bits per heavy atom. The highest BCUT2D eigenvalue weighted by Crippen LogP contribution is 2.46. The molecule has 0 N–H and O–H groups in total. The van der Waals surface area contributed by atoms with Crippen molar-refractivity contribution < 1.29 is 9.25 Å². The molecule has 0 unspecified atom stereocenters. The maximum Gasteiger partial charge on any atom is 0.127 e. The van der Waals surface area contributed by atoms with Gasteiger partial charge in [-0.2, -0.15) is 5.06 Å². The summed E-state index contributed by atoms with van der Waals surface area (Å²) in [5, 5.41) is 2.10. The predicted octanol–water partition coefficient (Wildman–Crippen LogP) is 3.85. The molecule has 3 nitrogen and oxygen atoms in total. The Bertz CT molecular complexity index is 442. The summed E-state index contributed by atoms with van der Waals surface area (Å²) in [4.78, 5) is 6.17. The molecule has 98 valence electrons. The predicted molar refractivity (Wildman–Crippen MR) is 69.8 cm³/mol. The first-order chi connectivity index (χ1) is 8.57. The smallest absolute Gasteiger partial charge is 0.127 e. The van der Waals surface area contributed by atoms with Crippen molar-refractivity contribution in [2.45, 2.75) is 57.7 Å². The summed E-state index contributed by atoms with van der Waals surface area (Å²) in [7, 11) is 0. The number of rotatable bonds is 1. The summed E-state index contributed by atoms with van der Waals surface area (Å²) in [5.41, 5.74) is 1.35. The van der Waals surface area contributed by atoms with Gasteiger partial charge in [-0.15, -0.1) is 0 Å². The summed E-state index contributed by atoms with van der Waals surface area (Å²) in [6.45, 7) is 6.54. The zero-order valence-corrected chi connectivity index (χ0v) is 11.3. The molecule has 0 amide bonds. The first-order valence-corrected chi connectivity index (χ1v) is 6.77. The molecular formula is C15H21NO2.